The van der Waals surface area contributed by atoms with Crippen LogP contribution in [0.25, 0.3) is 11.1 Å². The van der Waals surface area contributed by atoms with Crippen LogP contribution < -0.4 is 4.74 Å². The van der Waals surface area contributed by atoms with E-state index in [0.717, 1.165) is 35.3 Å². The number of hydrogen-bond donors (Lipinski definition) is 0. The first kappa shape index (κ1) is 25.3. The fourth-order valence-corrected chi connectivity index (χ4v) is 3.53. The van der Waals surface area contributed by atoms with Crippen LogP contribution in [0.5, 0.6) is 5.75 Å². The van der Waals surface area contributed by atoms with Crippen molar-refractivity contribution < 1.29 is 27.4 Å². The van der Waals surface area contributed by atoms with Gasteiger partial charge in [-0.2, -0.15) is 13.2 Å². The molecular weight excluding hydrogens is 441 g/mol. The standard InChI is InChI=1S/C28H29F3O3/c1-2-3-4-8-11-26(28(29,30)31)34-27(32)24-14-12-22(13-15-24)23-16-18-25(19-17-23)33-20-21-9-6-5-7-10-21/h5-7,9-10,12-19,26H,2-4,8,11,20H2,1H3. The maximum absolute atomic E-state index is 13.3. The van der Waals surface area contributed by atoms with Crippen LogP contribution in [0.3, 0.4) is 0 Å². The van der Waals surface area contributed by atoms with Gasteiger partial charge in [0.2, 0.25) is 0 Å². The first-order valence-corrected chi connectivity index (χ1v) is 11.5. The average Bonchev–Trinajstić information content (AvgIpc) is 2.85. The second-order valence-electron chi connectivity index (χ2n) is 8.16. The van der Waals surface area contributed by atoms with Gasteiger partial charge in [-0.05, 0) is 53.8 Å². The van der Waals surface area contributed by atoms with E-state index in [0.29, 0.717) is 19.4 Å². The third-order valence-electron chi connectivity index (χ3n) is 5.49. The van der Waals surface area contributed by atoms with Crippen molar-refractivity contribution in [2.24, 2.45) is 0 Å². The van der Waals surface area contributed by atoms with E-state index in [9.17, 15) is 18.0 Å². The van der Waals surface area contributed by atoms with Crippen molar-refractivity contribution in [3.63, 3.8) is 0 Å². The van der Waals surface area contributed by atoms with Crippen molar-refractivity contribution in [3.8, 4) is 16.9 Å². The Bertz CT molecular complexity index is 1010. The van der Waals surface area contributed by atoms with Gasteiger partial charge in [0.1, 0.15) is 12.4 Å². The molecule has 3 aromatic rings. The van der Waals surface area contributed by atoms with Crippen molar-refractivity contribution in [2.75, 3.05) is 0 Å². The Balaban J connectivity index is 1.58. The lowest BCUT2D eigenvalue weighted by Gasteiger charge is -2.20. The van der Waals surface area contributed by atoms with Gasteiger partial charge < -0.3 is 9.47 Å². The summed E-state index contributed by atoms with van der Waals surface area (Å²) in [6.45, 7) is 2.45. The van der Waals surface area contributed by atoms with Crippen molar-refractivity contribution in [1.82, 2.24) is 0 Å². The molecule has 180 valence electrons. The lowest BCUT2D eigenvalue weighted by atomic mass is 10.0. The molecule has 0 fully saturated rings. The highest BCUT2D eigenvalue weighted by atomic mass is 19.4. The van der Waals surface area contributed by atoms with E-state index in [1.165, 1.54) is 12.1 Å². The molecule has 3 aromatic carbocycles. The van der Waals surface area contributed by atoms with Crippen LogP contribution in [0.4, 0.5) is 13.2 Å². The predicted octanol–water partition coefficient (Wildman–Crippen LogP) is 7.99. The van der Waals surface area contributed by atoms with E-state index in [2.05, 4.69) is 0 Å². The van der Waals surface area contributed by atoms with Gasteiger partial charge in [0.05, 0.1) is 5.56 Å². The first-order chi connectivity index (χ1) is 16.4. The molecule has 0 saturated heterocycles. The number of halogens is 3. The maximum atomic E-state index is 13.3. The molecule has 3 nitrogen and oxygen atoms in total. The molecule has 0 bridgehead atoms. The summed E-state index contributed by atoms with van der Waals surface area (Å²) in [5, 5.41) is 0. The van der Waals surface area contributed by atoms with Crippen LogP contribution in [-0.4, -0.2) is 18.2 Å². The maximum Gasteiger partial charge on any atom is 0.425 e. The summed E-state index contributed by atoms with van der Waals surface area (Å²) in [5.74, 6) is -0.237. The summed E-state index contributed by atoms with van der Waals surface area (Å²) in [5.41, 5.74) is 2.89. The highest BCUT2D eigenvalue weighted by molar-refractivity contribution is 5.90. The van der Waals surface area contributed by atoms with E-state index in [4.69, 9.17) is 9.47 Å². The normalized spacial score (nSPS) is 12.2. The molecule has 6 heteroatoms. The molecule has 0 aromatic heterocycles. The third-order valence-corrected chi connectivity index (χ3v) is 5.49. The number of carbonyl (C=O) groups excluding carboxylic acids is 1. The number of ether oxygens (including phenoxy) is 2. The molecule has 34 heavy (non-hydrogen) atoms. The van der Waals surface area contributed by atoms with Gasteiger partial charge in [0.25, 0.3) is 0 Å². The molecular formula is C28H29F3O3. The summed E-state index contributed by atoms with van der Waals surface area (Å²) in [6.07, 6.45) is -4.04. The molecule has 0 aliphatic carbocycles. The minimum absolute atomic E-state index is 0.0920. The molecule has 0 aliphatic rings. The average molecular weight is 471 g/mol. The zero-order valence-corrected chi connectivity index (χ0v) is 19.2. The third kappa shape index (κ3) is 7.65. The van der Waals surface area contributed by atoms with Gasteiger partial charge in [-0.15, -0.1) is 0 Å². The molecule has 0 aliphatic heterocycles. The summed E-state index contributed by atoms with van der Waals surface area (Å²) >= 11 is 0. The number of benzene rings is 3. The Morgan fingerprint density at radius 2 is 1.44 bits per heavy atom. The summed E-state index contributed by atoms with van der Waals surface area (Å²) in [4.78, 5) is 12.3. The van der Waals surface area contributed by atoms with E-state index in [1.54, 1.807) is 12.1 Å². The van der Waals surface area contributed by atoms with Crippen molar-refractivity contribution in [1.29, 1.82) is 0 Å². The zero-order chi connectivity index (χ0) is 24.4. The molecule has 1 atom stereocenters. The van der Waals surface area contributed by atoms with Gasteiger partial charge in [-0.1, -0.05) is 80.8 Å². The second-order valence-corrected chi connectivity index (χ2v) is 8.16. The molecule has 3 rings (SSSR count). The van der Waals surface area contributed by atoms with Gasteiger partial charge >= 0.3 is 12.1 Å². The molecule has 1 unspecified atom stereocenters. The van der Waals surface area contributed by atoms with Crippen LogP contribution in [0.2, 0.25) is 0 Å². The number of hydrogen-bond acceptors (Lipinski definition) is 3. The smallest absolute Gasteiger partial charge is 0.425 e. The molecule has 0 radical (unpaired) electrons. The topological polar surface area (TPSA) is 35.5 Å². The number of esters is 1. The van der Waals surface area contributed by atoms with Crippen LogP contribution in [0.15, 0.2) is 78.9 Å². The largest absolute Gasteiger partial charge is 0.489 e. The van der Waals surface area contributed by atoms with Crippen LogP contribution in [0.1, 0.15) is 54.9 Å². The molecule has 0 saturated carbocycles. The SMILES string of the molecule is CCCCCCC(OC(=O)c1ccc(-c2ccc(OCc3ccccc3)cc2)cc1)C(F)(F)F. The van der Waals surface area contributed by atoms with Crippen LogP contribution in [0, 0.1) is 0 Å². The lowest BCUT2D eigenvalue weighted by molar-refractivity contribution is -0.206. The van der Waals surface area contributed by atoms with Crippen LogP contribution >= 0.6 is 0 Å². The predicted molar refractivity (Wildman–Crippen MR) is 127 cm³/mol. The lowest BCUT2D eigenvalue weighted by Crippen LogP contribution is -2.33. The van der Waals surface area contributed by atoms with Gasteiger partial charge in [0, 0.05) is 0 Å². The quantitative estimate of drug-likeness (QED) is 0.210. The molecule has 0 N–H and O–H groups in total. The summed E-state index contributed by atoms with van der Waals surface area (Å²) in [7, 11) is 0. The number of alkyl halides is 3. The molecule has 0 spiro atoms. The Morgan fingerprint density at radius 1 is 0.824 bits per heavy atom. The van der Waals surface area contributed by atoms with E-state index in [-0.39, 0.29) is 12.0 Å². The minimum Gasteiger partial charge on any atom is -0.489 e. The highest BCUT2D eigenvalue weighted by Crippen LogP contribution is 2.29. The van der Waals surface area contributed by atoms with Gasteiger partial charge in [-0.25, -0.2) is 4.79 Å². The first-order valence-electron chi connectivity index (χ1n) is 11.5. The van der Waals surface area contributed by atoms with Gasteiger partial charge in [-0.3, -0.25) is 0 Å². The summed E-state index contributed by atoms with van der Waals surface area (Å²) < 4.78 is 50.5. The van der Waals surface area contributed by atoms with E-state index < -0.39 is 18.2 Å². The van der Waals surface area contributed by atoms with Crippen molar-refractivity contribution >= 4 is 5.97 Å². The monoisotopic (exact) mass is 470 g/mol. The number of rotatable bonds is 11. The van der Waals surface area contributed by atoms with Crippen molar-refractivity contribution in [2.45, 2.75) is 57.9 Å². The Labute approximate surface area is 198 Å². The minimum atomic E-state index is -4.58. The Hall–Kier alpha value is -3.28. The van der Waals surface area contributed by atoms with Crippen molar-refractivity contribution in [3.05, 3.63) is 90.0 Å². The number of unbranched alkanes of at least 4 members (excludes halogenated alkanes) is 3. The Morgan fingerprint density at radius 3 is 2.03 bits per heavy atom. The highest BCUT2D eigenvalue weighted by Gasteiger charge is 2.42. The van der Waals surface area contributed by atoms with E-state index >= 15 is 0 Å². The van der Waals surface area contributed by atoms with Crippen LogP contribution in [-0.2, 0) is 11.3 Å². The fourth-order valence-electron chi connectivity index (χ4n) is 3.53. The van der Waals surface area contributed by atoms with E-state index in [1.807, 2.05) is 61.5 Å². The molecule has 0 heterocycles. The molecule has 0 amide bonds. The Kier molecular flexibility index (Phi) is 9.14. The van der Waals surface area contributed by atoms with Gasteiger partial charge in [0.15, 0.2) is 6.10 Å². The number of carbonyl (C=O) groups is 1. The zero-order valence-electron chi connectivity index (χ0n) is 19.2. The second kappa shape index (κ2) is 12.3. The fraction of sp³-hybridized carbons (Fsp3) is 0.321. The summed E-state index contributed by atoms with van der Waals surface area (Å²) in [6, 6.07) is 23.7.